The zero-order chi connectivity index (χ0) is 24.5. The van der Waals surface area contributed by atoms with Crippen molar-refractivity contribution in [3.8, 4) is 5.75 Å². The Morgan fingerprint density at radius 3 is 2.27 bits per heavy atom. The molecule has 10 heteroatoms. The van der Waals surface area contributed by atoms with E-state index in [-0.39, 0.29) is 13.0 Å². The van der Waals surface area contributed by atoms with Crippen LogP contribution in [-0.2, 0) is 26.0 Å². The Morgan fingerprint density at radius 1 is 1.03 bits per heavy atom. The molecule has 1 atom stereocenters. The fourth-order valence-corrected chi connectivity index (χ4v) is 5.13. The summed E-state index contributed by atoms with van der Waals surface area (Å²) in [6, 6.07) is 12.9. The van der Waals surface area contributed by atoms with Crippen LogP contribution >= 0.6 is 0 Å². The summed E-state index contributed by atoms with van der Waals surface area (Å²) in [5.41, 5.74) is 0.836. The molecule has 2 rings (SSSR count). The minimum atomic E-state index is -5.08. The molecule has 0 aliphatic heterocycles. The Kier molecular flexibility index (Phi) is 9.72. The number of carbonyl (C=O) groups excluding carboxylic acids is 1. The second-order valence-corrected chi connectivity index (χ2v) is 9.19. The number of para-hydroxylation sites is 1. The van der Waals surface area contributed by atoms with Crippen molar-refractivity contribution in [3.05, 3.63) is 60.2 Å². The normalized spacial score (nSPS) is 13.0. The van der Waals surface area contributed by atoms with E-state index >= 15 is 0 Å². The highest BCUT2D eigenvalue weighted by molar-refractivity contribution is 7.89. The van der Waals surface area contributed by atoms with Gasteiger partial charge in [0.25, 0.3) is 0 Å². The molecule has 0 fully saturated rings. The van der Waals surface area contributed by atoms with Crippen molar-refractivity contribution < 1.29 is 35.9 Å². The summed E-state index contributed by atoms with van der Waals surface area (Å²) in [7, 11) is -4.56. The molecule has 0 radical (unpaired) electrons. The molecular formula is C23H28F3NO5S. The number of esters is 1. The molecule has 2 aromatic rings. The molecule has 6 nitrogen and oxygen atoms in total. The number of carbonyl (C=O) groups is 1. The van der Waals surface area contributed by atoms with Gasteiger partial charge in [-0.05, 0) is 37.5 Å². The molecule has 182 valence electrons. The number of sulfonamides is 1. The number of rotatable bonds is 12. The maximum atomic E-state index is 13.6. The van der Waals surface area contributed by atoms with Crippen molar-refractivity contribution in [3.63, 3.8) is 0 Å². The molecule has 0 heterocycles. The first-order chi connectivity index (χ1) is 15.6. The largest absolute Gasteiger partial charge is 0.573 e. The molecule has 0 aliphatic carbocycles. The van der Waals surface area contributed by atoms with Gasteiger partial charge in [0.15, 0.2) is 0 Å². The number of alkyl halides is 3. The third-order valence-corrected chi connectivity index (χ3v) is 6.80. The van der Waals surface area contributed by atoms with Crippen molar-refractivity contribution in [1.82, 2.24) is 4.31 Å². The zero-order valence-electron chi connectivity index (χ0n) is 18.5. The minimum Gasteiger partial charge on any atom is -0.465 e. The average Bonchev–Trinajstić information content (AvgIpc) is 2.75. The first kappa shape index (κ1) is 26.7. The fraction of sp³-hybridized carbons (Fsp3) is 0.435. The van der Waals surface area contributed by atoms with Gasteiger partial charge >= 0.3 is 12.3 Å². The summed E-state index contributed by atoms with van der Waals surface area (Å²) in [4.78, 5) is 11.7. The van der Waals surface area contributed by atoms with Gasteiger partial charge in [0.05, 0.1) is 6.61 Å². The summed E-state index contributed by atoms with van der Waals surface area (Å²) in [6.45, 7) is 2.94. The third kappa shape index (κ3) is 8.04. The average molecular weight is 488 g/mol. The highest BCUT2D eigenvalue weighted by Crippen LogP contribution is 2.33. The number of nitrogens with zero attached hydrogens (tertiary/aromatic N) is 1. The van der Waals surface area contributed by atoms with E-state index in [9.17, 15) is 26.4 Å². The monoisotopic (exact) mass is 487 g/mol. The van der Waals surface area contributed by atoms with Crippen LogP contribution in [0.15, 0.2) is 59.5 Å². The predicted octanol–water partition coefficient (Wildman–Crippen LogP) is 4.94. The van der Waals surface area contributed by atoms with Crippen molar-refractivity contribution in [2.75, 3.05) is 13.2 Å². The number of hydrogen-bond donors (Lipinski definition) is 0. The van der Waals surface area contributed by atoms with Crippen molar-refractivity contribution in [1.29, 1.82) is 0 Å². The standard InChI is InChI=1S/C23H28F3NO5S/c1-3-5-13-19(16-18-11-7-6-8-12-18)27(17-22(28)31-4-2)33(29,30)21-15-10-9-14-20(21)32-23(24,25)26/h6-12,14-15,19H,3-5,13,16-17H2,1-2H3/t19-/m0/s1. The molecule has 0 unspecified atom stereocenters. The lowest BCUT2D eigenvalue weighted by molar-refractivity contribution is -0.275. The Bertz CT molecular complexity index is 997. The second-order valence-electron chi connectivity index (χ2n) is 7.34. The molecule has 0 N–H and O–H groups in total. The molecule has 2 aromatic carbocycles. The third-order valence-electron chi connectivity index (χ3n) is 4.86. The van der Waals surface area contributed by atoms with Gasteiger partial charge in [-0.1, -0.05) is 62.2 Å². The number of hydrogen-bond acceptors (Lipinski definition) is 5. The lowest BCUT2D eigenvalue weighted by atomic mass is 10.0. The first-order valence-electron chi connectivity index (χ1n) is 10.6. The Morgan fingerprint density at radius 2 is 1.67 bits per heavy atom. The molecule has 0 saturated heterocycles. The maximum Gasteiger partial charge on any atom is 0.573 e. The van der Waals surface area contributed by atoms with E-state index in [1.807, 2.05) is 37.3 Å². The van der Waals surface area contributed by atoms with Gasteiger partial charge in [0, 0.05) is 6.04 Å². The van der Waals surface area contributed by atoms with Gasteiger partial charge in [0.1, 0.15) is 17.2 Å². The van der Waals surface area contributed by atoms with Crippen LogP contribution in [-0.4, -0.2) is 44.2 Å². The number of unbranched alkanes of at least 4 members (excludes halogenated alkanes) is 1. The molecule has 0 saturated carbocycles. The molecule has 0 aliphatic rings. The summed E-state index contributed by atoms with van der Waals surface area (Å²) >= 11 is 0. The smallest absolute Gasteiger partial charge is 0.465 e. The van der Waals surface area contributed by atoms with Gasteiger partial charge in [0.2, 0.25) is 10.0 Å². The number of halogens is 3. The zero-order valence-corrected chi connectivity index (χ0v) is 19.4. The van der Waals surface area contributed by atoms with Crippen LogP contribution in [0.25, 0.3) is 0 Å². The Hall–Kier alpha value is -2.59. The first-order valence-corrected chi connectivity index (χ1v) is 12.1. The fourth-order valence-electron chi connectivity index (χ4n) is 3.42. The molecule has 33 heavy (non-hydrogen) atoms. The van der Waals surface area contributed by atoms with Crippen LogP contribution in [0.4, 0.5) is 13.2 Å². The Labute approximate surface area is 192 Å². The summed E-state index contributed by atoms with van der Waals surface area (Å²) < 4.78 is 76.0. The SMILES string of the molecule is CCCC[C@@H](Cc1ccccc1)N(CC(=O)OCC)S(=O)(=O)c1ccccc1OC(F)(F)F. The number of benzene rings is 2. The molecule has 0 bridgehead atoms. The van der Waals surface area contributed by atoms with Gasteiger partial charge in [-0.25, -0.2) is 8.42 Å². The lowest BCUT2D eigenvalue weighted by Crippen LogP contribution is -2.45. The van der Waals surface area contributed by atoms with E-state index in [1.54, 1.807) is 6.92 Å². The van der Waals surface area contributed by atoms with Gasteiger partial charge in [-0.15, -0.1) is 13.2 Å². The van der Waals surface area contributed by atoms with Crippen molar-refractivity contribution in [2.24, 2.45) is 0 Å². The molecule has 0 spiro atoms. The minimum absolute atomic E-state index is 0.0405. The highest BCUT2D eigenvalue weighted by atomic mass is 32.2. The van der Waals surface area contributed by atoms with Gasteiger partial charge in [-0.3, -0.25) is 4.79 Å². The van der Waals surface area contributed by atoms with E-state index in [0.717, 1.165) is 28.4 Å². The van der Waals surface area contributed by atoms with E-state index < -0.39 is 45.6 Å². The van der Waals surface area contributed by atoms with Crippen LogP contribution in [0.5, 0.6) is 5.75 Å². The quantitative estimate of drug-likeness (QED) is 0.397. The summed E-state index contributed by atoms with van der Waals surface area (Å²) in [6.07, 6.45) is -2.96. The van der Waals surface area contributed by atoms with E-state index in [2.05, 4.69) is 4.74 Å². The van der Waals surface area contributed by atoms with E-state index in [1.165, 1.54) is 12.1 Å². The topological polar surface area (TPSA) is 72.9 Å². The van der Waals surface area contributed by atoms with Gasteiger partial charge < -0.3 is 9.47 Å². The summed E-state index contributed by atoms with van der Waals surface area (Å²) in [5.74, 6) is -1.64. The van der Waals surface area contributed by atoms with Gasteiger partial charge in [-0.2, -0.15) is 4.31 Å². The molecule has 0 aromatic heterocycles. The van der Waals surface area contributed by atoms with Crippen molar-refractivity contribution >= 4 is 16.0 Å². The van der Waals surface area contributed by atoms with Crippen LogP contribution < -0.4 is 4.74 Å². The van der Waals surface area contributed by atoms with Crippen LogP contribution in [0.1, 0.15) is 38.7 Å². The van der Waals surface area contributed by atoms with E-state index in [4.69, 9.17) is 4.74 Å². The molecular weight excluding hydrogens is 459 g/mol. The lowest BCUT2D eigenvalue weighted by Gasteiger charge is -2.31. The maximum absolute atomic E-state index is 13.6. The van der Waals surface area contributed by atoms with Crippen molar-refractivity contribution in [2.45, 2.75) is 56.8 Å². The Balaban J connectivity index is 2.55. The van der Waals surface area contributed by atoms with Crippen LogP contribution in [0.3, 0.4) is 0 Å². The second kappa shape index (κ2) is 12.0. The van der Waals surface area contributed by atoms with E-state index in [0.29, 0.717) is 12.8 Å². The number of ether oxygens (including phenoxy) is 2. The van der Waals surface area contributed by atoms with Crippen LogP contribution in [0, 0.1) is 0 Å². The predicted molar refractivity (Wildman–Crippen MR) is 117 cm³/mol. The highest BCUT2D eigenvalue weighted by Gasteiger charge is 2.38. The van der Waals surface area contributed by atoms with Crippen LogP contribution in [0.2, 0.25) is 0 Å². The molecule has 0 amide bonds. The summed E-state index contributed by atoms with van der Waals surface area (Å²) in [5, 5.41) is 0.